The maximum Gasteiger partial charge on any atom is 0.407 e. The highest BCUT2D eigenvalue weighted by Gasteiger charge is 2.14. The third-order valence-corrected chi connectivity index (χ3v) is 5.30. The molecule has 0 aliphatic rings. The highest BCUT2D eigenvalue weighted by Crippen LogP contribution is 2.20. The van der Waals surface area contributed by atoms with E-state index in [1.165, 1.54) is 0 Å². The number of amides is 2. The highest BCUT2D eigenvalue weighted by atomic mass is 79.9. The first-order chi connectivity index (χ1) is 15.0. The van der Waals surface area contributed by atoms with Gasteiger partial charge in [-0.1, -0.05) is 59.3 Å². The Morgan fingerprint density at radius 2 is 1.68 bits per heavy atom. The summed E-state index contributed by atoms with van der Waals surface area (Å²) in [4.78, 5) is 24.6. The van der Waals surface area contributed by atoms with Crippen molar-refractivity contribution in [2.75, 3.05) is 11.1 Å². The number of carbonyl (C=O) groups excluding carboxylic acids is 2. The topological polar surface area (TPSA) is 93.4 Å². The molecule has 31 heavy (non-hydrogen) atoms. The monoisotopic (exact) mass is 481 g/mol. The number of nitrogen functional groups attached to an aromatic ring is 1. The fraction of sp³-hybridized carbons (Fsp3) is 0.167. The number of carbonyl (C=O) groups is 2. The van der Waals surface area contributed by atoms with Crippen molar-refractivity contribution in [3.8, 4) is 0 Å². The van der Waals surface area contributed by atoms with E-state index in [0.29, 0.717) is 16.9 Å². The van der Waals surface area contributed by atoms with Crippen molar-refractivity contribution in [2.24, 2.45) is 0 Å². The van der Waals surface area contributed by atoms with Crippen LogP contribution in [0.4, 0.5) is 16.2 Å². The lowest BCUT2D eigenvalue weighted by Gasteiger charge is -2.17. The Bertz CT molecular complexity index is 1040. The number of anilines is 2. The molecule has 0 aliphatic heterocycles. The summed E-state index contributed by atoms with van der Waals surface area (Å²) in [6.45, 7) is 2.11. The lowest BCUT2D eigenvalue weighted by molar-refractivity contribution is 0.102. The maximum absolute atomic E-state index is 12.4. The zero-order valence-corrected chi connectivity index (χ0v) is 18.7. The molecule has 0 heterocycles. The summed E-state index contributed by atoms with van der Waals surface area (Å²) in [5.41, 5.74) is 9.19. The molecule has 0 radical (unpaired) electrons. The van der Waals surface area contributed by atoms with Gasteiger partial charge in [-0.15, -0.1) is 0 Å². The molecule has 0 aromatic heterocycles. The van der Waals surface area contributed by atoms with Crippen LogP contribution in [-0.2, 0) is 11.3 Å². The van der Waals surface area contributed by atoms with Gasteiger partial charge in [0.2, 0.25) is 0 Å². The summed E-state index contributed by atoms with van der Waals surface area (Å²) < 4.78 is 6.33. The van der Waals surface area contributed by atoms with Crippen LogP contribution in [0.25, 0.3) is 0 Å². The Morgan fingerprint density at radius 1 is 1.00 bits per heavy atom. The molecule has 160 valence electrons. The number of halogens is 1. The molecule has 0 spiro atoms. The quantitative estimate of drug-likeness (QED) is 0.379. The van der Waals surface area contributed by atoms with Gasteiger partial charge in [0, 0.05) is 10.0 Å². The predicted molar refractivity (Wildman–Crippen MR) is 126 cm³/mol. The number of rotatable bonds is 7. The van der Waals surface area contributed by atoms with E-state index >= 15 is 0 Å². The van der Waals surface area contributed by atoms with Crippen molar-refractivity contribution in [2.45, 2.75) is 26.0 Å². The van der Waals surface area contributed by atoms with Crippen molar-refractivity contribution in [1.29, 1.82) is 0 Å². The summed E-state index contributed by atoms with van der Waals surface area (Å²) in [6.07, 6.45) is 0.253. The average molecular weight is 482 g/mol. The van der Waals surface area contributed by atoms with Gasteiger partial charge in [0.05, 0.1) is 17.4 Å². The second-order valence-electron chi connectivity index (χ2n) is 6.97. The first-order valence-electron chi connectivity index (χ1n) is 9.90. The molecule has 0 saturated carbocycles. The van der Waals surface area contributed by atoms with Gasteiger partial charge in [-0.05, 0) is 53.9 Å². The molecule has 3 aromatic carbocycles. The zero-order valence-electron chi connectivity index (χ0n) is 17.1. The van der Waals surface area contributed by atoms with E-state index in [1.54, 1.807) is 48.5 Å². The minimum absolute atomic E-state index is 0.107. The van der Waals surface area contributed by atoms with Gasteiger partial charge in [-0.2, -0.15) is 0 Å². The first kappa shape index (κ1) is 22.4. The van der Waals surface area contributed by atoms with Crippen LogP contribution in [-0.4, -0.2) is 12.0 Å². The van der Waals surface area contributed by atoms with E-state index in [0.717, 1.165) is 22.0 Å². The molecule has 7 heteroatoms. The Morgan fingerprint density at radius 3 is 2.32 bits per heavy atom. The van der Waals surface area contributed by atoms with Gasteiger partial charge in [0.25, 0.3) is 5.91 Å². The first-order valence-corrected chi connectivity index (χ1v) is 10.7. The maximum atomic E-state index is 12.4. The van der Waals surface area contributed by atoms with Crippen LogP contribution in [0.1, 0.15) is 40.9 Å². The number of hydrogen-bond donors (Lipinski definition) is 3. The van der Waals surface area contributed by atoms with Gasteiger partial charge < -0.3 is 21.1 Å². The van der Waals surface area contributed by atoms with Crippen LogP contribution in [0.2, 0.25) is 0 Å². The van der Waals surface area contributed by atoms with Crippen LogP contribution in [0.15, 0.2) is 77.3 Å². The fourth-order valence-electron chi connectivity index (χ4n) is 3.01. The van der Waals surface area contributed by atoms with Gasteiger partial charge >= 0.3 is 6.09 Å². The van der Waals surface area contributed by atoms with Crippen LogP contribution < -0.4 is 16.4 Å². The summed E-state index contributed by atoms with van der Waals surface area (Å²) >= 11 is 3.41. The molecule has 6 nitrogen and oxygen atoms in total. The zero-order chi connectivity index (χ0) is 22.2. The van der Waals surface area contributed by atoms with Gasteiger partial charge in [0.1, 0.15) is 6.61 Å². The fourth-order valence-corrected chi connectivity index (χ4v) is 3.27. The molecule has 0 aliphatic carbocycles. The Balaban J connectivity index is 1.52. The third-order valence-electron chi connectivity index (χ3n) is 4.77. The molecule has 0 fully saturated rings. The van der Waals surface area contributed by atoms with Crippen LogP contribution in [0.5, 0.6) is 0 Å². The van der Waals surface area contributed by atoms with E-state index in [-0.39, 0.29) is 18.6 Å². The molecule has 4 N–H and O–H groups in total. The summed E-state index contributed by atoms with van der Waals surface area (Å²) in [6, 6.07) is 21.6. The van der Waals surface area contributed by atoms with Crippen molar-refractivity contribution in [1.82, 2.24) is 5.32 Å². The van der Waals surface area contributed by atoms with Gasteiger partial charge in [-0.25, -0.2) is 4.79 Å². The van der Waals surface area contributed by atoms with Crippen molar-refractivity contribution in [3.63, 3.8) is 0 Å². The number of nitrogens with one attached hydrogen (secondary N) is 2. The third kappa shape index (κ3) is 6.33. The van der Waals surface area contributed by atoms with Crippen molar-refractivity contribution in [3.05, 3.63) is 94.0 Å². The van der Waals surface area contributed by atoms with E-state index in [9.17, 15) is 9.59 Å². The summed E-state index contributed by atoms with van der Waals surface area (Å²) in [5, 5.41) is 5.66. The van der Waals surface area contributed by atoms with Crippen LogP contribution >= 0.6 is 15.9 Å². The van der Waals surface area contributed by atoms with Crippen LogP contribution in [0.3, 0.4) is 0 Å². The largest absolute Gasteiger partial charge is 0.445 e. The lowest BCUT2D eigenvalue weighted by atomic mass is 10.1. The smallest absolute Gasteiger partial charge is 0.407 e. The van der Waals surface area contributed by atoms with Crippen molar-refractivity contribution >= 4 is 39.3 Å². The van der Waals surface area contributed by atoms with E-state index in [4.69, 9.17) is 10.5 Å². The molecule has 0 unspecified atom stereocenters. The minimum atomic E-state index is -0.490. The highest BCUT2D eigenvalue weighted by molar-refractivity contribution is 9.10. The number of para-hydroxylation sites is 2. The average Bonchev–Trinajstić information content (AvgIpc) is 2.78. The molecule has 1 atom stereocenters. The van der Waals surface area contributed by atoms with E-state index in [2.05, 4.69) is 26.6 Å². The van der Waals surface area contributed by atoms with Crippen LogP contribution in [0, 0.1) is 0 Å². The van der Waals surface area contributed by atoms with Gasteiger partial charge in [0.15, 0.2) is 0 Å². The predicted octanol–water partition coefficient (Wildman–Crippen LogP) is 5.66. The second-order valence-corrected chi connectivity index (χ2v) is 7.89. The number of benzene rings is 3. The Kier molecular flexibility index (Phi) is 7.67. The normalized spacial score (nSPS) is 11.4. The molecule has 2 amide bonds. The van der Waals surface area contributed by atoms with Gasteiger partial charge in [-0.3, -0.25) is 4.79 Å². The lowest BCUT2D eigenvalue weighted by Crippen LogP contribution is -2.28. The number of nitrogens with two attached hydrogens (primary N) is 1. The number of alkyl carbamates (subject to hydrolysis) is 1. The SMILES string of the molecule is CC[C@H](NC(=O)OCc1ccc(C(=O)Nc2ccccc2N)cc1)c1ccc(Br)cc1. The molecule has 3 aromatic rings. The minimum Gasteiger partial charge on any atom is -0.445 e. The molecule has 3 rings (SSSR count). The summed E-state index contributed by atoms with van der Waals surface area (Å²) in [5.74, 6) is -0.261. The van der Waals surface area contributed by atoms with E-state index in [1.807, 2.05) is 31.2 Å². The molecular weight excluding hydrogens is 458 g/mol. The van der Waals surface area contributed by atoms with E-state index < -0.39 is 6.09 Å². The number of hydrogen-bond acceptors (Lipinski definition) is 4. The Labute approximate surface area is 189 Å². The molecular formula is C24H24BrN3O3. The Hall–Kier alpha value is -3.32. The summed E-state index contributed by atoms with van der Waals surface area (Å²) in [7, 11) is 0. The molecule has 0 bridgehead atoms. The second kappa shape index (κ2) is 10.6. The molecule has 0 saturated heterocycles. The standard InChI is InChI=1S/C24H24BrN3O3/c1-2-21(17-11-13-19(25)14-12-17)28-24(30)31-15-16-7-9-18(10-8-16)23(29)27-22-6-4-3-5-20(22)26/h3-14,21H,2,15,26H2,1H3,(H,27,29)(H,28,30)/t21-/m0/s1. The van der Waals surface area contributed by atoms with Crippen molar-refractivity contribution < 1.29 is 14.3 Å². The number of ether oxygens (including phenoxy) is 1.